The zero-order chi connectivity index (χ0) is 87.4. The molecule has 18 atom stereocenters. The maximum atomic E-state index is 14.3. The molecule has 35 nitrogen and oxygen atoms in total. The molecular weight excluding hydrogens is 1530 g/mol. The lowest BCUT2D eigenvalue weighted by Crippen LogP contribution is -2.46. The van der Waals surface area contributed by atoms with E-state index in [-0.39, 0.29) is 73.7 Å². The number of hydrogen-bond acceptors (Lipinski definition) is 23. The molecule has 6 fully saturated rings. The highest BCUT2D eigenvalue weighted by molar-refractivity contribution is 5.83. The summed E-state index contributed by atoms with van der Waals surface area (Å²) in [4.78, 5) is 100. The number of aryl methyl sites for hydroxylation is 2. The first kappa shape index (κ1) is 91.4. The second-order valence-electron chi connectivity index (χ2n) is 30.1. The van der Waals surface area contributed by atoms with Crippen molar-refractivity contribution in [2.45, 2.75) is 163 Å². The molecule has 0 unspecified atom stereocenters. The van der Waals surface area contributed by atoms with Crippen molar-refractivity contribution in [1.82, 2.24) is 69.3 Å². The van der Waals surface area contributed by atoms with Gasteiger partial charge in [-0.2, -0.15) is 15.0 Å². The third-order valence-electron chi connectivity index (χ3n) is 23.6. The normalized spacial score (nSPS) is 31.9. The van der Waals surface area contributed by atoms with Gasteiger partial charge in [0.2, 0.25) is 5.95 Å². The molecule has 0 radical (unpaired) electrons. The average molecular weight is 1630 g/mol. The number of aromatic amines is 1. The lowest BCUT2D eigenvalue weighted by Gasteiger charge is -2.34. The van der Waals surface area contributed by atoms with Crippen molar-refractivity contribution in [3.63, 3.8) is 0 Å². The van der Waals surface area contributed by atoms with Gasteiger partial charge in [-0.3, -0.25) is 43.3 Å². The van der Waals surface area contributed by atoms with Crippen LogP contribution in [0.1, 0.15) is 88.8 Å². The summed E-state index contributed by atoms with van der Waals surface area (Å²) in [6.45, 7) is 52.1. The number of nitrogen functional groups attached to an aromatic ring is 1. The van der Waals surface area contributed by atoms with Gasteiger partial charge >= 0.3 is 40.6 Å². The number of urea groups is 3. The highest BCUT2D eigenvalue weighted by Gasteiger charge is 2.60. The summed E-state index contributed by atoms with van der Waals surface area (Å²) in [5.41, 5.74) is 3.96. The van der Waals surface area contributed by atoms with Crippen LogP contribution in [0.3, 0.4) is 0 Å². The standard InChI is InChI=1S/C14H19FN2O3.C14H17N3O3.2C13H17FN2O3.C13H15N3O3.C12H15N5O3/c1-8-5-17(13(20)16-10(8)3)11-4-12(19)14(6-15,7-18)9(11)2;1-8-6-17(13(20)16-10(8)3)11-5-12(19)14(7-18,15-4)9(11)2;1-7-5-16(12(19)15-9(7)3)10-4-11(18)13(14,6-17)8(10)2;1-8-3-4-16(12(19)15-8)10-5-11(18)13(6-14,7-17)9(10)2;1-8-4-5-16(12(19)15-8)10-6-11(18)13(7-17,14-3)9(10)2;1-5-6(3-18)8(19)2-7(5)17-4-14-9-10(17)15-12(13)16-11(9)20/h5,11-12,18-19H,2-4,6-7H2,1H3,(H,16,20);6,11-12,18-19H,2-3,5,7H2,1H3,(H,16,20);5,10-11,17-18H,2-4,6H2,1H3,(H,15,19);3-4,10-11,17-18H,2,5-7H2,1H3;4-5,10-11,17-18H,2,6-7H2,1H3;4,6-8,18-19H,1-3H2,(H3,13,15,16,20)/t11-,12-,14-;11-,12-,14+;10-,11-,13+;10-,11-,13-;10-,11-,13+;6-,7-,8-/m000000/s1. The Morgan fingerprint density at radius 3 is 1.24 bits per heavy atom. The van der Waals surface area contributed by atoms with E-state index < -0.39 is 170 Å². The van der Waals surface area contributed by atoms with Crippen molar-refractivity contribution in [2.75, 3.05) is 58.7 Å². The SMILES string of the molecule is C=C1NC(=O)N([C@H]2C[C@H](O)[C@@](F)(CO)C2=C)C=C1C.C=C1NC(=O)N([C@H]2C[C@H](O)[C@](CO)(CF)C2=C)C=C1C.C=C1[C@@H](n2ccc(C)nc2=O)C[C@H](O)[C@]1(CO)CF.C=C1[C@H](CO)[C@@H](O)C[C@@H]1n1cnc2c(=O)[nH]c(N)nc21.[C-]#[N+][C@]1(CO)C(=C)[C@@H](N2C=C(C)C(=C)NC2=O)C[C@@H]1O.[C-]#[N+][C@]1(CO)C(=C)[C@@H](n2ccc(C)nc2=O)C[C@@H]1O. The van der Waals surface area contributed by atoms with Crippen LogP contribution in [0.15, 0.2) is 190 Å². The summed E-state index contributed by atoms with van der Waals surface area (Å²) in [6, 6.07) is -0.954. The minimum Gasteiger partial charge on any atom is -0.396 e. The first-order valence-corrected chi connectivity index (χ1v) is 36.7. The Labute approximate surface area is 670 Å². The second-order valence-corrected chi connectivity index (χ2v) is 30.1. The number of nitrogens with one attached hydrogen (secondary N) is 4. The van der Waals surface area contributed by atoms with Crippen LogP contribution in [0.5, 0.6) is 0 Å². The molecule has 4 aromatic rings. The van der Waals surface area contributed by atoms with Crippen LogP contribution in [0.4, 0.5) is 33.5 Å². The van der Waals surface area contributed by atoms with Crippen LogP contribution in [0.25, 0.3) is 20.9 Å². The molecule has 7 heterocycles. The Balaban J connectivity index is 0.000000175. The minimum absolute atomic E-state index is 0.000427. The molecule has 3 aliphatic heterocycles. The van der Waals surface area contributed by atoms with E-state index in [0.717, 1.165) is 16.7 Å². The summed E-state index contributed by atoms with van der Waals surface area (Å²) < 4.78 is 45.2. The van der Waals surface area contributed by atoms with Crippen LogP contribution < -0.4 is 38.6 Å². The van der Waals surface area contributed by atoms with E-state index >= 15 is 0 Å². The Hall–Kier alpha value is -11.1. The van der Waals surface area contributed by atoms with Crippen LogP contribution in [0, 0.1) is 43.7 Å². The number of halogens is 3. The van der Waals surface area contributed by atoms with Crippen LogP contribution in [-0.2, 0) is 0 Å². The molecule has 0 aromatic carbocycles. The number of nitrogens with zero attached hydrogens (tertiary/aromatic N) is 12. The molecule has 9 aliphatic rings. The van der Waals surface area contributed by atoms with E-state index in [4.69, 9.17) is 24.0 Å². The number of aliphatic hydroxyl groups is 12. The van der Waals surface area contributed by atoms with Crippen molar-refractivity contribution < 1.29 is 88.8 Å². The second kappa shape index (κ2) is 36.2. The van der Waals surface area contributed by atoms with E-state index in [2.05, 4.69) is 110 Å². The van der Waals surface area contributed by atoms with Gasteiger partial charge in [-0.1, -0.05) is 59.2 Å². The topological polar surface area (TPSA) is 508 Å². The number of allylic oxidation sites excluding steroid dienone is 3. The van der Waals surface area contributed by atoms with Crippen molar-refractivity contribution in [1.29, 1.82) is 0 Å². The summed E-state index contributed by atoms with van der Waals surface area (Å²) in [6.07, 6.45) is 4.16. The van der Waals surface area contributed by atoms with Crippen molar-refractivity contribution in [2.24, 2.45) is 16.7 Å². The van der Waals surface area contributed by atoms with E-state index in [9.17, 15) is 98.1 Å². The molecule has 13 rings (SSSR count). The highest BCUT2D eigenvalue weighted by atomic mass is 19.1. The third-order valence-corrected chi connectivity index (χ3v) is 23.6. The smallest absolute Gasteiger partial charge is 0.348 e. The maximum absolute atomic E-state index is 14.3. The average Bonchev–Trinajstić information content (AvgIpc) is 1.64. The Morgan fingerprint density at radius 1 is 0.504 bits per heavy atom. The van der Waals surface area contributed by atoms with Crippen LogP contribution in [0.2, 0.25) is 0 Å². The Bertz CT molecular complexity index is 5030. The molecule has 6 aliphatic carbocycles. The number of carbonyl (C=O) groups excluding carboxylic acids is 3. The Kier molecular flexibility index (Phi) is 28.3. The van der Waals surface area contributed by atoms with Gasteiger partial charge in [-0.15, -0.1) is 0 Å². The van der Waals surface area contributed by atoms with Gasteiger partial charge in [0.15, 0.2) is 16.8 Å². The number of amides is 6. The lowest BCUT2D eigenvalue weighted by atomic mass is 9.83. The summed E-state index contributed by atoms with van der Waals surface area (Å²) in [5.74, 6) is -0.371. The minimum atomic E-state index is -2.26. The first-order valence-electron chi connectivity index (χ1n) is 36.7. The molecular formula is C79H100F3N17O18. The monoisotopic (exact) mass is 1630 g/mol. The summed E-state index contributed by atoms with van der Waals surface area (Å²) in [7, 11) is 0. The van der Waals surface area contributed by atoms with Gasteiger partial charge in [-0.25, -0.2) is 55.3 Å². The zero-order valence-corrected chi connectivity index (χ0v) is 65.3. The Morgan fingerprint density at radius 2 is 0.880 bits per heavy atom. The fourth-order valence-corrected chi connectivity index (χ4v) is 15.4. The molecule has 6 amide bonds. The molecule has 18 N–H and O–H groups in total. The van der Waals surface area contributed by atoms with Gasteiger partial charge in [0.25, 0.3) is 5.56 Å². The molecule has 117 heavy (non-hydrogen) atoms. The number of fused-ring (bicyclic) bond motifs is 1. The quantitative estimate of drug-likeness (QED) is 0.0636. The number of hydrogen-bond donors (Lipinski definition) is 17. The van der Waals surface area contributed by atoms with Gasteiger partial charge in [-0.05, 0) is 105 Å². The highest BCUT2D eigenvalue weighted by Crippen LogP contribution is 2.50. The van der Waals surface area contributed by atoms with Crippen LogP contribution in [-0.4, -0.2) is 257 Å². The number of carbonyl (C=O) groups is 3. The predicted molar refractivity (Wildman–Crippen MR) is 421 cm³/mol. The molecule has 630 valence electrons. The zero-order valence-electron chi connectivity index (χ0n) is 65.3. The summed E-state index contributed by atoms with van der Waals surface area (Å²) >= 11 is 0. The van der Waals surface area contributed by atoms with Crippen molar-refractivity contribution in [3.8, 4) is 0 Å². The number of nitrogens with two attached hydrogens (primary N) is 1. The fourth-order valence-electron chi connectivity index (χ4n) is 15.4. The van der Waals surface area contributed by atoms with Crippen molar-refractivity contribution in [3.05, 3.63) is 241 Å². The van der Waals surface area contributed by atoms with Gasteiger partial charge < -0.3 is 87.5 Å². The fraction of sp³-hybridized carbons (Fsp3) is 0.468. The van der Waals surface area contributed by atoms with Gasteiger partial charge in [0.1, 0.15) is 38.8 Å². The molecule has 0 saturated heterocycles. The number of H-pyrrole nitrogens is 1. The van der Waals surface area contributed by atoms with Crippen molar-refractivity contribution >= 4 is 35.2 Å². The molecule has 38 heteroatoms. The van der Waals surface area contributed by atoms with E-state index in [1.165, 1.54) is 30.2 Å². The van der Waals surface area contributed by atoms with Gasteiger partial charge in [0.05, 0.1) is 104 Å². The van der Waals surface area contributed by atoms with E-state index in [1.54, 1.807) is 82.3 Å². The molecule has 6 saturated carbocycles. The number of aliphatic hydroxyl groups excluding tert-OH is 12. The summed E-state index contributed by atoms with van der Waals surface area (Å²) in [5, 5.41) is 124. The number of alkyl halides is 3. The lowest BCUT2D eigenvalue weighted by molar-refractivity contribution is -0.00228. The maximum Gasteiger partial charge on any atom is 0.348 e. The number of rotatable bonds is 14. The first-order chi connectivity index (χ1) is 55.0. The van der Waals surface area contributed by atoms with Gasteiger partial charge in [0, 0.05) is 95.8 Å². The van der Waals surface area contributed by atoms with E-state index in [1.807, 2.05) is 0 Å². The number of anilines is 1. The molecule has 4 aromatic heterocycles. The molecule has 0 bridgehead atoms. The van der Waals surface area contributed by atoms with Crippen LogP contribution >= 0.6 is 0 Å². The third kappa shape index (κ3) is 16.8. The number of imidazole rings is 1. The van der Waals surface area contributed by atoms with E-state index in [0.29, 0.717) is 68.4 Å². The molecule has 0 spiro atoms. The number of aromatic nitrogens is 8. The largest absolute Gasteiger partial charge is 0.396 e. The predicted octanol–water partition coefficient (Wildman–Crippen LogP) is 2.25.